The first-order valence-corrected chi connectivity index (χ1v) is 3.76. The zero-order valence-electron chi connectivity index (χ0n) is 6.14. The Morgan fingerprint density at radius 3 is 3.18 bits per heavy atom. The molecule has 0 unspecified atom stereocenters. The molecule has 0 saturated heterocycles. The first-order valence-electron chi connectivity index (χ1n) is 3.76. The van der Waals surface area contributed by atoms with Crippen LogP contribution in [0.1, 0.15) is 12.8 Å². The van der Waals surface area contributed by atoms with Gasteiger partial charge in [-0.3, -0.25) is 4.79 Å². The molecule has 4 nitrogen and oxygen atoms in total. The summed E-state index contributed by atoms with van der Waals surface area (Å²) in [5.74, 6) is 1.74. The molecule has 0 fully saturated rings. The van der Waals surface area contributed by atoms with Crippen molar-refractivity contribution in [3.8, 4) is 0 Å². The Hall–Kier alpha value is -1.19. The highest BCUT2D eigenvalue weighted by atomic mass is 16.5. The van der Waals surface area contributed by atoms with Crippen LogP contribution in [0.15, 0.2) is 11.6 Å². The average Bonchev–Trinajstić information content (AvgIpc) is 2.04. The van der Waals surface area contributed by atoms with Crippen LogP contribution >= 0.6 is 0 Å². The summed E-state index contributed by atoms with van der Waals surface area (Å²) in [6.45, 7) is 1.48. The van der Waals surface area contributed by atoms with E-state index in [1.165, 1.54) is 0 Å². The third-order valence-electron chi connectivity index (χ3n) is 1.80. The summed E-state index contributed by atoms with van der Waals surface area (Å²) in [5, 5.41) is 5.80. The lowest BCUT2D eigenvalue weighted by Crippen LogP contribution is -2.40. The summed E-state index contributed by atoms with van der Waals surface area (Å²) in [4.78, 5) is 10.9. The Morgan fingerprint density at radius 1 is 1.36 bits per heavy atom. The van der Waals surface area contributed by atoms with Crippen molar-refractivity contribution in [2.24, 2.45) is 0 Å². The summed E-state index contributed by atoms with van der Waals surface area (Å²) in [5.41, 5.74) is 0. The standard InChI is InChI=1S/C7H10N2O2/c10-6-2-1-5-7(9-6)8-3-4-11-5/h8H,1-4H2,(H,9,10). The molecule has 60 valence electrons. The second kappa shape index (κ2) is 2.45. The molecular weight excluding hydrogens is 144 g/mol. The molecule has 2 heterocycles. The summed E-state index contributed by atoms with van der Waals surface area (Å²) < 4.78 is 5.33. The van der Waals surface area contributed by atoms with Crippen LogP contribution in [0.4, 0.5) is 0 Å². The Balaban J connectivity index is 2.18. The second-order valence-corrected chi connectivity index (χ2v) is 2.62. The first-order chi connectivity index (χ1) is 5.36. The van der Waals surface area contributed by atoms with Gasteiger partial charge in [-0.15, -0.1) is 0 Å². The monoisotopic (exact) mass is 154 g/mol. The van der Waals surface area contributed by atoms with Gasteiger partial charge in [0.25, 0.3) is 0 Å². The van der Waals surface area contributed by atoms with E-state index in [4.69, 9.17) is 4.74 Å². The van der Waals surface area contributed by atoms with Crippen LogP contribution in [0.3, 0.4) is 0 Å². The molecule has 2 aliphatic rings. The predicted octanol–water partition coefficient (Wildman–Crippen LogP) is -0.315. The molecule has 0 aromatic heterocycles. The van der Waals surface area contributed by atoms with Gasteiger partial charge in [-0.2, -0.15) is 0 Å². The zero-order valence-corrected chi connectivity index (χ0v) is 6.14. The van der Waals surface area contributed by atoms with Gasteiger partial charge in [-0.25, -0.2) is 0 Å². The molecule has 4 heteroatoms. The number of hydrogen-bond donors (Lipinski definition) is 2. The van der Waals surface area contributed by atoms with Crippen molar-refractivity contribution in [1.29, 1.82) is 0 Å². The van der Waals surface area contributed by atoms with Gasteiger partial charge in [0.05, 0.1) is 6.54 Å². The van der Waals surface area contributed by atoms with E-state index in [9.17, 15) is 4.79 Å². The highest BCUT2D eigenvalue weighted by Crippen LogP contribution is 2.16. The fraction of sp³-hybridized carbons (Fsp3) is 0.571. The van der Waals surface area contributed by atoms with Crippen LogP contribution in [-0.2, 0) is 9.53 Å². The van der Waals surface area contributed by atoms with Crippen LogP contribution < -0.4 is 10.6 Å². The molecule has 0 saturated carbocycles. The Kier molecular flexibility index (Phi) is 1.45. The van der Waals surface area contributed by atoms with Crippen molar-refractivity contribution in [1.82, 2.24) is 10.6 Å². The third-order valence-corrected chi connectivity index (χ3v) is 1.80. The number of allylic oxidation sites excluding steroid dienone is 1. The lowest BCUT2D eigenvalue weighted by Gasteiger charge is -2.26. The van der Waals surface area contributed by atoms with Gasteiger partial charge in [-0.05, 0) is 0 Å². The Bertz CT molecular complexity index is 222. The number of carbonyl (C=O) groups is 1. The lowest BCUT2D eigenvalue weighted by atomic mass is 10.2. The van der Waals surface area contributed by atoms with E-state index in [1.54, 1.807) is 0 Å². The molecule has 2 rings (SSSR count). The highest BCUT2D eigenvalue weighted by Gasteiger charge is 2.21. The summed E-state index contributed by atoms with van der Waals surface area (Å²) in [6, 6.07) is 0. The van der Waals surface area contributed by atoms with E-state index in [0.717, 1.165) is 24.5 Å². The molecule has 0 aromatic rings. The minimum absolute atomic E-state index is 0.0711. The summed E-state index contributed by atoms with van der Waals surface area (Å²) >= 11 is 0. The highest BCUT2D eigenvalue weighted by molar-refractivity contribution is 5.79. The van der Waals surface area contributed by atoms with Crippen LogP contribution in [0.2, 0.25) is 0 Å². The minimum atomic E-state index is 0.0711. The van der Waals surface area contributed by atoms with Crippen molar-refractivity contribution in [2.45, 2.75) is 12.8 Å². The van der Waals surface area contributed by atoms with Gasteiger partial charge in [0.1, 0.15) is 18.2 Å². The Morgan fingerprint density at radius 2 is 2.27 bits per heavy atom. The largest absolute Gasteiger partial charge is 0.492 e. The van der Waals surface area contributed by atoms with E-state index in [-0.39, 0.29) is 5.91 Å². The minimum Gasteiger partial charge on any atom is -0.492 e. The van der Waals surface area contributed by atoms with E-state index >= 15 is 0 Å². The number of ether oxygens (including phenoxy) is 1. The second-order valence-electron chi connectivity index (χ2n) is 2.62. The van der Waals surface area contributed by atoms with E-state index < -0.39 is 0 Å². The maximum atomic E-state index is 10.9. The fourth-order valence-electron chi connectivity index (χ4n) is 1.26. The molecule has 1 amide bonds. The molecule has 11 heavy (non-hydrogen) atoms. The molecule has 0 radical (unpaired) electrons. The van der Waals surface area contributed by atoms with Crippen molar-refractivity contribution < 1.29 is 9.53 Å². The van der Waals surface area contributed by atoms with E-state index in [0.29, 0.717) is 13.0 Å². The van der Waals surface area contributed by atoms with Gasteiger partial charge in [0, 0.05) is 12.8 Å². The summed E-state index contributed by atoms with van der Waals surface area (Å²) in [6.07, 6.45) is 1.27. The van der Waals surface area contributed by atoms with Crippen LogP contribution in [0.25, 0.3) is 0 Å². The van der Waals surface area contributed by atoms with E-state index in [1.807, 2.05) is 0 Å². The first kappa shape index (κ1) is 6.52. The quantitative estimate of drug-likeness (QED) is 0.503. The van der Waals surface area contributed by atoms with Gasteiger partial charge < -0.3 is 15.4 Å². The normalized spacial score (nSPS) is 23.1. The number of rotatable bonds is 0. The number of hydrogen-bond acceptors (Lipinski definition) is 3. The van der Waals surface area contributed by atoms with Crippen LogP contribution in [0, 0.1) is 0 Å². The van der Waals surface area contributed by atoms with E-state index in [2.05, 4.69) is 10.6 Å². The van der Waals surface area contributed by atoms with Crippen molar-refractivity contribution >= 4 is 5.91 Å². The molecule has 0 aliphatic carbocycles. The van der Waals surface area contributed by atoms with Gasteiger partial charge >= 0.3 is 0 Å². The topological polar surface area (TPSA) is 50.4 Å². The average molecular weight is 154 g/mol. The molecule has 0 spiro atoms. The van der Waals surface area contributed by atoms with Gasteiger partial charge in [0.2, 0.25) is 5.91 Å². The Labute approximate surface area is 64.6 Å². The van der Waals surface area contributed by atoms with Crippen LogP contribution in [0.5, 0.6) is 0 Å². The smallest absolute Gasteiger partial charge is 0.226 e. The molecule has 2 N–H and O–H groups in total. The van der Waals surface area contributed by atoms with Gasteiger partial charge in [0.15, 0.2) is 0 Å². The summed E-state index contributed by atoms with van der Waals surface area (Å²) in [7, 11) is 0. The van der Waals surface area contributed by atoms with Crippen molar-refractivity contribution in [3.05, 3.63) is 11.6 Å². The van der Waals surface area contributed by atoms with Gasteiger partial charge in [-0.1, -0.05) is 0 Å². The maximum Gasteiger partial charge on any atom is 0.226 e. The number of nitrogens with one attached hydrogen (secondary N) is 2. The molecular formula is C7H10N2O2. The van der Waals surface area contributed by atoms with Crippen molar-refractivity contribution in [2.75, 3.05) is 13.2 Å². The maximum absolute atomic E-state index is 10.9. The van der Waals surface area contributed by atoms with Crippen molar-refractivity contribution in [3.63, 3.8) is 0 Å². The predicted molar refractivity (Wildman–Crippen MR) is 38.4 cm³/mol. The molecule has 0 aromatic carbocycles. The SMILES string of the molecule is O=C1CCC2=C(NCCO2)N1. The lowest BCUT2D eigenvalue weighted by molar-refractivity contribution is -0.121. The number of amides is 1. The number of carbonyl (C=O) groups excluding carboxylic acids is 1. The fourth-order valence-corrected chi connectivity index (χ4v) is 1.26. The zero-order chi connectivity index (χ0) is 7.68. The molecule has 0 atom stereocenters. The van der Waals surface area contributed by atoms with Crippen LogP contribution in [-0.4, -0.2) is 19.1 Å². The third kappa shape index (κ3) is 1.15. The molecule has 2 aliphatic heterocycles. The molecule has 0 bridgehead atoms.